The minimum Gasteiger partial charge on any atom is -0.370 e. The van der Waals surface area contributed by atoms with Crippen molar-refractivity contribution in [2.24, 2.45) is 0 Å². The quantitative estimate of drug-likeness (QED) is 0.933. The molecule has 2 aromatic heterocycles. The Balaban J connectivity index is 1.98. The first kappa shape index (κ1) is 14.0. The minimum atomic E-state index is 0.306. The largest absolute Gasteiger partial charge is 0.370 e. The van der Waals surface area contributed by atoms with Crippen LogP contribution in [0.2, 0.25) is 0 Å². The second-order valence-electron chi connectivity index (χ2n) is 5.65. The lowest BCUT2D eigenvalue weighted by atomic mass is 9.83. The number of aryl methyl sites for hydroxylation is 1. The van der Waals surface area contributed by atoms with Gasteiger partial charge in [-0.05, 0) is 44.2 Å². The number of hydrogen-bond donors (Lipinski definition) is 1. The third-order valence-electron chi connectivity index (χ3n) is 4.19. The Kier molecular flexibility index (Phi) is 4.13. The molecule has 21 heavy (non-hydrogen) atoms. The summed E-state index contributed by atoms with van der Waals surface area (Å²) in [5.41, 5.74) is 4.86. The van der Waals surface area contributed by atoms with Crippen LogP contribution in [-0.4, -0.2) is 21.5 Å². The lowest BCUT2D eigenvalue weighted by Crippen LogP contribution is -2.16. The van der Waals surface area contributed by atoms with Crippen molar-refractivity contribution in [3.05, 3.63) is 47.2 Å². The Hall–Kier alpha value is -1.97. The predicted molar refractivity (Wildman–Crippen MR) is 84.6 cm³/mol. The van der Waals surface area contributed by atoms with Crippen LogP contribution < -0.4 is 5.32 Å². The first-order valence-corrected chi connectivity index (χ1v) is 7.80. The van der Waals surface area contributed by atoms with Crippen LogP contribution in [0.25, 0.3) is 0 Å². The fourth-order valence-electron chi connectivity index (χ4n) is 3.11. The molecule has 0 aromatic carbocycles. The number of nitrogens with zero attached hydrogens (tertiary/aromatic N) is 3. The van der Waals surface area contributed by atoms with Crippen molar-refractivity contribution in [2.45, 2.75) is 45.4 Å². The molecule has 1 N–H and O–H groups in total. The SMILES string of the molecule is CCCNc1ncnc(C2CCCc3cccnc32)c1C. The van der Waals surface area contributed by atoms with E-state index in [1.165, 1.54) is 17.7 Å². The molecule has 3 rings (SSSR count). The fourth-order valence-corrected chi connectivity index (χ4v) is 3.11. The van der Waals surface area contributed by atoms with E-state index in [1.54, 1.807) is 6.33 Å². The molecule has 0 spiro atoms. The van der Waals surface area contributed by atoms with Crippen LogP contribution in [0.1, 0.15) is 54.6 Å². The van der Waals surface area contributed by atoms with Crippen LogP contribution in [0.5, 0.6) is 0 Å². The summed E-state index contributed by atoms with van der Waals surface area (Å²) in [6.45, 7) is 5.22. The van der Waals surface area contributed by atoms with E-state index in [0.29, 0.717) is 5.92 Å². The van der Waals surface area contributed by atoms with Gasteiger partial charge in [0.1, 0.15) is 12.1 Å². The van der Waals surface area contributed by atoms with Gasteiger partial charge in [0.25, 0.3) is 0 Å². The molecule has 0 bridgehead atoms. The number of aromatic nitrogens is 3. The number of pyridine rings is 1. The van der Waals surface area contributed by atoms with E-state index in [0.717, 1.165) is 42.9 Å². The Morgan fingerprint density at radius 1 is 1.24 bits per heavy atom. The van der Waals surface area contributed by atoms with Gasteiger partial charge < -0.3 is 5.32 Å². The Labute approximate surface area is 126 Å². The van der Waals surface area contributed by atoms with Crippen molar-refractivity contribution in [1.82, 2.24) is 15.0 Å². The molecular weight excluding hydrogens is 260 g/mol. The van der Waals surface area contributed by atoms with Crippen LogP contribution in [-0.2, 0) is 6.42 Å². The Bertz CT molecular complexity index is 624. The van der Waals surface area contributed by atoms with Gasteiger partial charge in [0.15, 0.2) is 0 Å². The zero-order valence-corrected chi connectivity index (χ0v) is 12.8. The number of anilines is 1. The van der Waals surface area contributed by atoms with Crippen molar-refractivity contribution >= 4 is 5.82 Å². The van der Waals surface area contributed by atoms with Gasteiger partial charge in [-0.2, -0.15) is 0 Å². The Morgan fingerprint density at radius 2 is 2.14 bits per heavy atom. The average Bonchev–Trinajstić information content (AvgIpc) is 2.53. The van der Waals surface area contributed by atoms with Gasteiger partial charge in [-0.25, -0.2) is 9.97 Å². The first-order valence-electron chi connectivity index (χ1n) is 7.80. The second kappa shape index (κ2) is 6.20. The summed E-state index contributed by atoms with van der Waals surface area (Å²) < 4.78 is 0. The molecule has 1 atom stereocenters. The number of rotatable bonds is 4. The minimum absolute atomic E-state index is 0.306. The summed E-state index contributed by atoms with van der Waals surface area (Å²) in [6, 6.07) is 4.23. The van der Waals surface area contributed by atoms with Gasteiger partial charge in [0.05, 0.1) is 11.4 Å². The summed E-state index contributed by atoms with van der Waals surface area (Å²) >= 11 is 0. The Morgan fingerprint density at radius 3 is 3.00 bits per heavy atom. The molecule has 2 aromatic rings. The van der Waals surface area contributed by atoms with Crippen LogP contribution >= 0.6 is 0 Å². The molecule has 1 aliphatic carbocycles. The predicted octanol–water partition coefficient (Wildman–Crippen LogP) is 3.47. The van der Waals surface area contributed by atoms with Crippen molar-refractivity contribution in [2.75, 3.05) is 11.9 Å². The highest BCUT2D eigenvalue weighted by molar-refractivity contribution is 5.48. The van der Waals surface area contributed by atoms with Gasteiger partial charge >= 0.3 is 0 Å². The zero-order chi connectivity index (χ0) is 14.7. The van der Waals surface area contributed by atoms with Crippen LogP contribution in [0.4, 0.5) is 5.82 Å². The summed E-state index contributed by atoms with van der Waals surface area (Å²) in [7, 11) is 0. The van der Waals surface area contributed by atoms with Crippen molar-refractivity contribution in [3.63, 3.8) is 0 Å². The maximum atomic E-state index is 4.63. The molecule has 0 saturated heterocycles. The smallest absolute Gasteiger partial charge is 0.132 e. The van der Waals surface area contributed by atoms with Gasteiger partial charge in [0.2, 0.25) is 0 Å². The highest BCUT2D eigenvalue weighted by atomic mass is 15.0. The number of hydrogen-bond acceptors (Lipinski definition) is 4. The first-order chi connectivity index (χ1) is 10.3. The zero-order valence-electron chi connectivity index (χ0n) is 12.8. The molecule has 110 valence electrons. The van der Waals surface area contributed by atoms with Gasteiger partial charge in [0, 0.05) is 24.2 Å². The molecule has 0 radical (unpaired) electrons. The van der Waals surface area contributed by atoms with Gasteiger partial charge in [-0.15, -0.1) is 0 Å². The van der Waals surface area contributed by atoms with Gasteiger partial charge in [-0.3, -0.25) is 4.98 Å². The average molecular weight is 282 g/mol. The third kappa shape index (κ3) is 2.75. The maximum absolute atomic E-state index is 4.63. The second-order valence-corrected chi connectivity index (χ2v) is 5.65. The van der Waals surface area contributed by atoms with Gasteiger partial charge in [-0.1, -0.05) is 13.0 Å². The third-order valence-corrected chi connectivity index (χ3v) is 4.19. The number of nitrogens with one attached hydrogen (secondary N) is 1. The summed E-state index contributed by atoms with van der Waals surface area (Å²) in [5, 5.41) is 3.39. The molecule has 4 heteroatoms. The molecule has 0 aliphatic heterocycles. The van der Waals surface area contributed by atoms with E-state index in [-0.39, 0.29) is 0 Å². The van der Waals surface area contributed by atoms with Crippen molar-refractivity contribution in [1.29, 1.82) is 0 Å². The molecule has 4 nitrogen and oxygen atoms in total. The highest BCUT2D eigenvalue weighted by Crippen LogP contribution is 2.36. The van der Waals surface area contributed by atoms with Crippen LogP contribution in [0.15, 0.2) is 24.7 Å². The van der Waals surface area contributed by atoms with E-state index in [4.69, 9.17) is 0 Å². The highest BCUT2D eigenvalue weighted by Gasteiger charge is 2.26. The summed E-state index contributed by atoms with van der Waals surface area (Å²) in [4.78, 5) is 13.6. The van der Waals surface area contributed by atoms with Crippen molar-refractivity contribution < 1.29 is 0 Å². The molecule has 0 amide bonds. The summed E-state index contributed by atoms with van der Waals surface area (Å²) in [6.07, 6.45) is 8.11. The lowest BCUT2D eigenvalue weighted by Gasteiger charge is -2.25. The van der Waals surface area contributed by atoms with E-state index in [2.05, 4.69) is 40.2 Å². The molecule has 2 heterocycles. The topological polar surface area (TPSA) is 50.7 Å². The maximum Gasteiger partial charge on any atom is 0.132 e. The van der Waals surface area contributed by atoms with E-state index in [1.807, 2.05) is 12.3 Å². The molecular formula is C17H22N4. The number of fused-ring (bicyclic) bond motifs is 1. The van der Waals surface area contributed by atoms with Crippen LogP contribution in [0, 0.1) is 6.92 Å². The van der Waals surface area contributed by atoms with E-state index >= 15 is 0 Å². The normalized spacial score (nSPS) is 17.3. The molecule has 0 fully saturated rings. The molecule has 0 saturated carbocycles. The molecule has 1 aliphatic rings. The van der Waals surface area contributed by atoms with Crippen LogP contribution in [0.3, 0.4) is 0 Å². The fraction of sp³-hybridized carbons (Fsp3) is 0.471. The van der Waals surface area contributed by atoms with Crippen molar-refractivity contribution in [3.8, 4) is 0 Å². The molecule has 1 unspecified atom stereocenters. The monoisotopic (exact) mass is 282 g/mol. The van der Waals surface area contributed by atoms with E-state index < -0.39 is 0 Å². The summed E-state index contributed by atoms with van der Waals surface area (Å²) in [5.74, 6) is 1.27. The van der Waals surface area contributed by atoms with E-state index in [9.17, 15) is 0 Å². The standard InChI is InChI=1S/C17H22N4/c1-3-9-19-17-12(2)15(20-11-21-17)14-8-4-6-13-7-5-10-18-16(13)14/h5,7,10-11,14H,3-4,6,8-9H2,1-2H3,(H,19,20,21). The lowest BCUT2D eigenvalue weighted by molar-refractivity contribution is 0.584.